The molecule has 1 N–H and O–H groups in total. The van der Waals surface area contributed by atoms with Crippen molar-refractivity contribution in [1.29, 1.82) is 0 Å². The highest BCUT2D eigenvalue weighted by atomic mass is 32.2. The molecule has 0 unspecified atom stereocenters. The van der Waals surface area contributed by atoms with Gasteiger partial charge >= 0.3 is 12.1 Å². The number of sulfonamides is 1. The van der Waals surface area contributed by atoms with E-state index in [2.05, 4.69) is 4.74 Å². The van der Waals surface area contributed by atoms with Crippen molar-refractivity contribution in [3.63, 3.8) is 0 Å². The van der Waals surface area contributed by atoms with Gasteiger partial charge in [0.15, 0.2) is 6.61 Å². The van der Waals surface area contributed by atoms with E-state index in [4.69, 9.17) is 0 Å². The van der Waals surface area contributed by atoms with Crippen LogP contribution in [0.4, 0.5) is 13.2 Å². The summed E-state index contributed by atoms with van der Waals surface area (Å²) in [4.78, 5) is 22.7. The first-order valence-corrected chi connectivity index (χ1v) is 9.72. The Kier molecular flexibility index (Phi) is 8.64. The summed E-state index contributed by atoms with van der Waals surface area (Å²) in [7, 11) is -3.59. The highest BCUT2D eigenvalue weighted by molar-refractivity contribution is 7.89. The fourth-order valence-electron chi connectivity index (χ4n) is 2.06. The van der Waals surface area contributed by atoms with E-state index in [-0.39, 0.29) is 4.90 Å². The number of benzene rings is 1. The Morgan fingerprint density at radius 2 is 1.71 bits per heavy atom. The Bertz CT molecular complexity index is 801. The lowest BCUT2D eigenvalue weighted by atomic mass is 10.2. The van der Waals surface area contributed by atoms with E-state index in [0.29, 0.717) is 18.7 Å². The van der Waals surface area contributed by atoms with Gasteiger partial charge in [-0.25, -0.2) is 13.2 Å². The van der Waals surface area contributed by atoms with Gasteiger partial charge in [0, 0.05) is 19.2 Å². The van der Waals surface area contributed by atoms with Crippen molar-refractivity contribution in [2.45, 2.75) is 24.9 Å². The monoisotopic (exact) mass is 422 g/mol. The fraction of sp³-hybridized carbons (Fsp3) is 0.412. The zero-order valence-electron chi connectivity index (χ0n) is 15.3. The number of rotatable bonds is 9. The van der Waals surface area contributed by atoms with Gasteiger partial charge in [0.2, 0.25) is 10.0 Å². The minimum absolute atomic E-state index is 0.109. The Morgan fingerprint density at radius 3 is 2.21 bits per heavy atom. The van der Waals surface area contributed by atoms with Crippen LogP contribution in [0.2, 0.25) is 0 Å². The number of ether oxygens (including phenoxy) is 1. The van der Waals surface area contributed by atoms with Crippen LogP contribution in [0, 0.1) is 0 Å². The van der Waals surface area contributed by atoms with Gasteiger partial charge in [0.05, 0.1) is 4.90 Å². The zero-order valence-corrected chi connectivity index (χ0v) is 16.1. The predicted octanol–water partition coefficient (Wildman–Crippen LogP) is 1.95. The number of carbonyl (C=O) groups excluding carboxylic acids is 2. The lowest BCUT2D eigenvalue weighted by Crippen LogP contribution is -2.36. The van der Waals surface area contributed by atoms with E-state index in [1.165, 1.54) is 34.6 Å². The number of carbonyl (C=O) groups is 2. The lowest BCUT2D eigenvalue weighted by Gasteiger charge is -2.18. The van der Waals surface area contributed by atoms with Gasteiger partial charge in [-0.15, -0.1) is 0 Å². The average molecular weight is 422 g/mol. The van der Waals surface area contributed by atoms with E-state index in [0.717, 1.165) is 6.08 Å². The van der Waals surface area contributed by atoms with Crippen molar-refractivity contribution in [3.8, 4) is 0 Å². The molecule has 0 fully saturated rings. The number of hydrogen-bond acceptors (Lipinski definition) is 5. The first kappa shape index (κ1) is 23.6. The van der Waals surface area contributed by atoms with Crippen molar-refractivity contribution in [2.24, 2.45) is 0 Å². The van der Waals surface area contributed by atoms with E-state index in [1.54, 1.807) is 19.2 Å². The van der Waals surface area contributed by atoms with E-state index < -0.39 is 41.2 Å². The van der Waals surface area contributed by atoms with E-state index in [9.17, 15) is 31.2 Å². The average Bonchev–Trinajstić information content (AvgIpc) is 2.63. The Hall–Kier alpha value is -2.40. The van der Waals surface area contributed by atoms with Crippen molar-refractivity contribution >= 4 is 28.0 Å². The van der Waals surface area contributed by atoms with Crippen LogP contribution in [-0.4, -0.2) is 57.0 Å². The number of halogens is 3. The fourth-order valence-corrected chi connectivity index (χ4v) is 3.52. The van der Waals surface area contributed by atoms with Gasteiger partial charge in [0.1, 0.15) is 6.54 Å². The molecule has 7 nitrogen and oxygen atoms in total. The molecule has 0 aliphatic heterocycles. The first-order chi connectivity index (χ1) is 13.0. The van der Waals surface area contributed by atoms with Gasteiger partial charge in [-0.3, -0.25) is 4.79 Å². The standard InChI is InChI=1S/C17H21F3N2O5S/c1-3-22(4-2)28(25,26)14-8-5-13(6-9-14)7-10-16(24)27-11-15(23)21-12-17(18,19)20/h5-10H,3-4,11-12H2,1-2H3,(H,21,23)/b10-7+. The summed E-state index contributed by atoms with van der Waals surface area (Å²) in [6.45, 7) is 1.77. The second kappa shape index (κ2) is 10.2. The minimum Gasteiger partial charge on any atom is -0.452 e. The molecule has 0 saturated heterocycles. The van der Waals surface area contributed by atoms with Crippen LogP contribution in [0.1, 0.15) is 19.4 Å². The topological polar surface area (TPSA) is 92.8 Å². The number of amides is 1. The van der Waals surface area contributed by atoms with Gasteiger partial charge in [0.25, 0.3) is 5.91 Å². The van der Waals surface area contributed by atoms with Crippen LogP contribution < -0.4 is 5.32 Å². The summed E-state index contributed by atoms with van der Waals surface area (Å²) in [5.41, 5.74) is 0.497. The maximum atomic E-state index is 12.4. The number of hydrogen-bond donors (Lipinski definition) is 1. The summed E-state index contributed by atoms with van der Waals surface area (Å²) in [6.07, 6.45) is -2.25. The normalized spacial score (nSPS) is 12.4. The molecule has 28 heavy (non-hydrogen) atoms. The van der Waals surface area contributed by atoms with Crippen LogP contribution in [0.15, 0.2) is 35.2 Å². The molecule has 0 heterocycles. The second-order valence-electron chi connectivity index (χ2n) is 5.49. The molecule has 0 aliphatic carbocycles. The van der Waals surface area contributed by atoms with Crippen molar-refractivity contribution in [1.82, 2.24) is 9.62 Å². The van der Waals surface area contributed by atoms with Crippen LogP contribution in [0.3, 0.4) is 0 Å². The summed E-state index contributed by atoms with van der Waals surface area (Å²) in [6, 6.07) is 5.75. The molecule has 156 valence electrons. The third kappa shape index (κ3) is 7.69. The molecule has 0 saturated carbocycles. The molecule has 1 aromatic carbocycles. The Morgan fingerprint density at radius 1 is 1.14 bits per heavy atom. The van der Waals surface area contributed by atoms with Crippen LogP contribution >= 0.6 is 0 Å². The molecule has 1 amide bonds. The number of esters is 1. The molecule has 0 bridgehead atoms. The second-order valence-corrected chi connectivity index (χ2v) is 7.43. The molecular formula is C17H21F3N2O5S. The molecule has 0 atom stereocenters. The smallest absolute Gasteiger partial charge is 0.405 e. The summed E-state index contributed by atoms with van der Waals surface area (Å²) >= 11 is 0. The van der Waals surface area contributed by atoms with Crippen LogP contribution in [0.25, 0.3) is 6.08 Å². The third-order valence-electron chi connectivity index (χ3n) is 3.47. The van der Waals surface area contributed by atoms with Crippen LogP contribution in [0.5, 0.6) is 0 Å². The zero-order chi connectivity index (χ0) is 21.4. The van der Waals surface area contributed by atoms with Crippen molar-refractivity contribution in [3.05, 3.63) is 35.9 Å². The molecule has 11 heteroatoms. The van der Waals surface area contributed by atoms with Crippen molar-refractivity contribution in [2.75, 3.05) is 26.2 Å². The molecule has 0 spiro atoms. The predicted molar refractivity (Wildman–Crippen MR) is 95.6 cm³/mol. The summed E-state index contributed by atoms with van der Waals surface area (Å²) in [5.74, 6) is -2.01. The summed E-state index contributed by atoms with van der Waals surface area (Å²) < 4.78 is 66.4. The third-order valence-corrected chi connectivity index (χ3v) is 5.53. The van der Waals surface area contributed by atoms with Crippen molar-refractivity contribution < 1.29 is 35.9 Å². The highest BCUT2D eigenvalue weighted by Gasteiger charge is 2.27. The van der Waals surface area contributed by atoms with Gasteiger partial charge in [-0.1, -0.05) is 26.0 Å². The quantitative estimate of drug-likeness (QED) is 0.485. The molecule has 1 rings (SSSR count). The highest BCUT2D eigenvalue weighted by Crippen LogP contribution is 2.17. The van der Waals surface area contributed by atoms with Gasteiger partial charge < -0.3 is 10.1 Å². The number of nitrogens with one attached hydrogen (secondary N) is 1. The Balaban J connectivity index is 2.61. The molecule has 0 radical (unpaired) electrons. The molecule has 0 aliphatic rings. The van der Waals surface area contributed by atoms with E-state index >= 15 is 0 Å². The lowest BCUT2D eigenvalue weighted by molar-refractivity contribution is -0.148. The maximum absolute atomic E-state index is 12.4. The SMILES string of the molecule is CCN(CC)S(=O)(=O)c1ccc(/C=C/C(=O)OCC(=O)NCC(F)(F)F)cc1. The van der Waals surface area contributed by atoms with Gasteiger partial charge in [-0.05, 0) is 23.8 Å². The summed E-state index contributed by atoms with van der Waals surface area (Å²) in [5, 5.41) is 1.56. The molecular weight excluding hydrogens is 401 g/mol. The van der Waals surface area contributed by atoms with Gasteiger partial charge in [-0.2, -0.15) is 17.5 Å². The molecule has 0 aromatic heterocycles. The largest absolute Gasteiger partial charge is 0.452 e. The van der Waals surface area contributed by atoms with Crippen LogP contribution in [-0.2, 0) is 24.3 Å². The van der Waals surface area contributed by atoms with E-state index in [1.807, 2.05) is 0 Å². The number of nitrogens with zero attached hydrogens (tertiary/aromatic N) is 1. The maximum Gasteiger partial charge on any atom is 0.405 e. The Labute approximate surface area is 161 Å². The molecule has 1 aromatic rings. The first-order valence-electron chi connectivity index (χ1n) is 8.28. The number of alkyl halides is 3. The minimum atomic E-state index is -4.55.